The Morgan fingerprint density at radius 1 is 1.18 bits per heavy atom. The molecule has 1 aromatic rings. The van der Waals surface area contributed by atoms with E-state index in [1.165, 1.54) is 19.3 Å². The van der Waals surface area contributed by atoms with E-state index in [9.17, 15) is 4.79 Å². The number of carbonyl (C=O) groups excluding carboxylic acids is 1. The molecule has 3 rings (SSSR count). The van der Waals surface area contributed by atoms with Gasteiger partial charge >= 0.3 is 5.97 Å². The Bertz CT molecular complexity index is 500. The Hall–Kier alpha value is -1.55. The van der Waals surface area contributed by atoms with Crippen molar-refractivity contribution in [1.82, 2.24) is 4.90 Å². The monoisotopic (exact) mass is 303 g/mol. The number of benzene rings is 1. The molecule has 4 nitrogen and oxygen atoms in total. The van der Waals surface area contributed by atoms with Crippen molar-refractivity contribution in [3.05, 3.63) is 29.8 Å². The largest absolute Gasteiger partial charge is 0.494 e. The van der Waals surface area contributed by atoms with Crippen molar-refractivity contribution in [2.24, 2.45) is 0 Å². The van der Waals surface area contributed by atoms with Crippen LogP contribution >= 0.6 is 0 Å². The van der Waals surface area contributed by atoms with Gasteiger partial charge in [0, 0.05) is 24.9 Å². The lowest BCUT2D eigenvalue weighted by Crippen LogP contribution is -2.52. The fraction of sp³-hybridized carbons (Fsp3) is 0.611. The number of rotatable bonds is 4. The molecule has 22 heavy (non-hydrogen) atoms. The van der Waals surface area contributed by atoms with Gasteiger partial charge in [-0.25, -0.2) is 4.79 Å². The zero-order chi connectivity index (χ0) is 15.5. The minimum atomic E-state index is -0.212. The first kappa shape index (κ1) is 15.3. The van der Waals surface area contributed by atoms with E-state index < -0.39 is 0 Å². The summed E-state index contributed by atoms with van der Waals surface area (Å²) >= 11 is 0. The molecule has 0 aromatic heterocycles. The topological polar surface area (TPSA) is 38.8 Å². The smallest absolute Gasteiger partial charge is 0.338 e. The Morgan fingerprint density at radius 2 is 1.82 bits per heavy atom. The maximum atomic E-state index is 12.3. The highest BCUT2D eigenvalue weighted by Gasteiger charge is 2.37. The molecule has 2 saturated heterocycles. The summed E-state index contributed by atoms with van der Waals surface area (Å²) in [5.41, 5.74) is 0.604. The summed E-state index contributed by atoms with van der Waals surface area (Å²) < 4.78 is 11.2. The van der Waals surface area contributed by atoms with Crippen molar-refractivity contribution in [3.8, 4) is 5.75 Å². The standard InChI is InChI=1S/C18H25NO3/c1-3-21-16-9-7-13(8-10-16)18(20)22-17-11-14-5-4-6-15(12-17)19(14)2/h7-10,14-15,17H,3-6,11-12H2,1-2H3/t14-,15+,17?. The summed E-state index contributed by atoms with van der Waals surface area (Å²) in [5, 5.41) is 0. The van der Waals surface area contributed by atoms with Crippen LogP contribution in [0.5, 0.6) is 5.75 Å². The Labute approximate surface area is 132 Å². The number of nitrogens with zero attached hydrogens (tertiary/aromatic N) is 1. The minimum absolute atomic E-state index is 0.0607. The second kappa shape index (κ2) is 6.69. The van der Waals surface area contributed by atoms with Gasteiger partial charge < -0.3 is 14.4 Å². The summed E-state index contributed by atoms with van der Waals surface area (Å²) in [5.74, 6) is 0.573. The SMILES string of the molecule is CCOc1ccc(C(=O)OC2C[C@H]3CCC[C@@H](C2)N3C)cc1. The van der Waals surface area contributed by atoms with E-state index in [0.29, 0.717) is 24.3 Å². The van der Waals surface area contributed by atoms with Crippen molar-refractivity contribution < 1.29 is 14.3 Å². The van der Waals surface area contributed by atoms with Gasteiger partial charge in [0.15, 0.2) is 0 Å². The fourth-order valence-corrected chi connectivity index (χ4v) is 3.74. The zero-order valence-electron chi connectivity index (χ0n) is 13.5. The van der Waals surface area contributed by atoms with Crippen LogP contribution in [0.3, 0.4) is 0 Å². The molecule has 2 bridgehead atoms. The van der Waals surface area contributed by atoms with Gasteiger partial charge in [0.25, 0.3) is 0 Å². The summed E-state index contributed by atoms with van der Waals surface area (Å²) in [4.78, 5) is 14.8. The van der Waals surface area contributed by atoms with Crippen LogP contribution in [0, 0.1) is 0 Å². The molecule has 4 heteroatoms. The molecule has 0 spiro atoms. The van der Waals surface area contributed by atoms with Gasteiger partial charge in [0.1, 0.15) is 11.9 Å². The van der Waals surface area contributed by atoms with Crippen LogP contribution in [0.1, 0.15) is 49.4 Å². The van der Waals surface area contributed by atoms with E-state index in [4.69, 9.17) is 9.47 Å². The Kier molecular flexibility index (Phi) is 4.67. The molecule has 0 saturated carbocycles. The van der Waals surface area contributed by atoms with Gasteiger partial charge in [-0.15, -0.1) is 0 Å². The van der Waals surface area contributed by atoms with Crippen molar-refractivity contribution in [3.63, 3.8) is 0 Å². The lowest BCUT2D eigenvalue weighted by atomic mass is 9.83. The lowest BCUT2D eigenvalue weighted by molar-refractivity contribution is -0.0318. The minimum Gasteiger partial charge on any atom is -0.494 e. The molecule has 0 N–H and O–H groups in total. The van der Waals surface area contributed by atoms with Crippen molar-refractivity contribution in [1.29, 1.82) is 0 Å². The molecule has 2 fully saturated rings. The first-order chi connectivity index (χ1) is 10.7. The number of hydrogen-bond acceptors (Lipinski definition) is 4. The Morgan fingerprint density at radius 3 is 2.41 bits per heavy atom. The average Bonchev–Trinajstić information content (AvgIpc) is 2.49. The molecule has 2 heterocycles. The molecule has 0 aliphatic carbocycles. The number of fused-ring (bicyclic) bond motifs is 2. The van der Waals surface area contributed by atoms with E-state index in [1.54, 1.807) is 12.1 Å². The van der Waals surface area contributed by atoms with E-state index in [2.05, 4.69) is 11.9 Å². The highest BCUT2D eigenvalue weighted by Crippen LogP contribution is 2.34. The predicted octanol–water partition coefficient (Wildman–Crippen LogP) is 3.26. The third kappa shape index (κ3) is 3.27. The average molecular weight is 303 g/mol. The number of piperidine rings is 2. The number of esters is 1. The third-order valence-electron chi connectivity index (χ3n) is 4.97. The molecule has 0 radical (unpaired) electrons. The van der Waals surface area contributed by atoms with Crippen molar-refractivity contribution in [2.45, 2.75) is 57.2 Å². The maximum absolute atomic E-state index is 12.3. The maximum Gasteiger partial charge on any atom is 0.338 e. The number of carbonyl (C=O) groups is 1. The van der Waals surface area contributed by atoms with Gasteiger partial charge in [-0.3, -0.25) is 0 Å². The molecular weight excluding hydrogens is 278 g/mol. The van der Waals surface area contributed by atoms with Crippen LogP contribution in [0.15, 0.2) is 24.3 Å². The van der Waals surface area contributed by atoms with Crippen molar-refractivity contribution in [2.75, 3.05) is 13.7 Å². The molecule has 1 unspecified atom stereocenters. The van der Waals surface area contributed by atoms with Gasteiger partial charge in [0.05, 0.1) is 12.2 Å². The molecule has 0 amide bonds. The van der Waals surface area contributed by atoms with Gasteiger partial charge in [-0.05, 0) is 51.1 Å². The molecular formula is C18H25NO3. The van der Waals surface area contributed by atoms with Crippen molar-refractivity contribution >= 4 is 5.97 Å². The summed E-state index contributed by atoms with van der Waals surface area (Å²) in [7, 11) is 2.21. The van der Waals surface area contributed by atoms with E-state index in [-0.39, 0.29) is 12.1 Å². The van der Waals surface area contributed by atoms with E-state index in [0.717, 1.165) is 18.6 Å². The first-order valence-corrected chi connectivity index (χ1v) is 8.33. The fourth-order valence-electron chi connectivity index (χ4n) is 3.74. The molecule has 2 aliphatic rings. The quantitative estimate of drug-likeness (QED) is 0.800. The normalized spacial score (nSPS) is 28.2. The summed E-state index contributed by atoms with van der Waals surface area (Å²) in [6.07, 6.45) is 5.75. The second-order valence-electron chi connectivity index (χ2n) is 6.36. The van der Waals surface area contributed by atoms with Crippen LogP contribution < -0.4 is 4.74 Å². The highest BCUT2D eigenvalue weighted by atomic mass is 16.5. The molecule has 2 aliphatic heterocycles. The third-order valence-corrected chi connectivity index (χ3v) is 4.97. The molecule has 3 atom stereocenters. The van der Waals surface area contributed by atoms with E-state index >= 15 is 0 Å². The van der Waals surface area contributed by atoms with E-state index in [1.807, 2.05) is 19.1 Å². The number of ether oxygens (including phenoxy) is 2. The second-order valence-corrected chi connectivity index (χ2v) is 6.36. The molecule has 1 aromatic carbocycles. The number of hydrogen-bond donors (Lipinski definition) is 0. The molecule has 120 valence electrons. The zero-order valence-corrected chi connectivity index (χ0v) is 13.5. The van der Waals surface area contributed by atoms with Gasteiger partial charge in [0.2, 0.25) is 0 Å². The summed E-state index contributed by atoms with van der Waals surface area (Å²) in [6, 6.07) is 8.36. The summed E-state index contributed by atoms with van der Waals surface area (Å²) in [6.45, 7) is 2.57. The van der Waals surface area contributed by atoms with Crippen LogP contribution in [-0.2, 0) is 4.74 Å². The van der Waals surface area contributed by atoms with Gasteiger partial charge in [-0.1, -0.05) is 6.42 Å². The Balaban J connectivity index is 1.59. The van der Waals surface area contributed by atoms with Crippen LogP contribution in [0.4, 0.5) is 0 Å². The predicted molar refractivity (Wildman–Crippen MR) is 85.2 cm³/mol. The van der Waals surface area contributed by atoms with Crippen LogP contribution in [-0.4, -0.2) is 42.7 Å². The lowest BCUT2D eigenvalue weighted by Gasteiger charge is -2.46. The van der Waals surface area contributed by atoms with Crippen LogP contribution in [0.2, 0.25) is 0 Å². The van der Waals surface area contributed by atoms with Crippen LogP contribution in [0.25, 0.3) is 0 Å². The highest BCUT2D eigenvalue weighted by molar-refractivity contribution is 5.89. The first-order valence-electron chi connectivity index (χ1n) is 8.33. The van der Waals surface area contributed by atoms with Gasteiger partial charge in [-0.2, -0.15) is 0 Å².